The van der Waals surface area contributed by atoms with E-state index in [0.29, 0.717) is 11.7 Å². The standard InChI is InChI=1S/C18H23N3OS/c1-3-5-13-6-8-14(9-7-13)16(22)12-23-18-20-19-17(15-10-11-15)21(18)4-2/h6-9,15H,3-5,10-12H2,1-2H3. The molecule has 1 fully saturated rings. The summed E-state index contributed by atoms with van der Waals surface area (Å²) in [6, 6.07) is 7.99. The second-order valence-electron chi connectivity index (χ2n) is 6.02. The molecule has 1 aromatic heterocycles. The van der Waals surface area contributed by atoms with Crippen molar-refractivity contribution in [1.29, 1.82) is 0 Å². The molecule has 1 saturated carbocycles. The number of Topliss-reactive ketones (excluding diaryl/α,β-unsaturated/α-hetero) is 1. The van der Waals surface area contributed by atoms with Crippen molar-refractivity contribution in [2.45, 2.75) is 57.1 Å². The Hall–Kier alpha value is -1.62. The Morgan fingerprint density at radius 2 is 1.96 bits per heavy atom. The second-order valence-corrected chi connectivity index (χ2v) is 6.96. The van der Waals surface area contributed by atoms with Crippen LogP contribution in [0.2, 0.25) is 0 Å². The van der Waals surface area contributed by atoms with Gasteiger partial charge in [-0.05, 0) is 31.7 Å². The first-order valence-electron chi connectivity index (χ1n) is 8.41. The molecule has 0 saturated heterocycles. The molecule has 1 aliphatic carbocycles. The van der Waals surface area contributed by atoms with Crippen molar-refractivity contribution < 1.29 is 4.79 Å². The minimum absolute atomic E-state index is 0.150. The van der Waals surface area contributed by atoms with Crippen molar-refractivity contribution in [3.8, 4) is 0 Å². The van der Waals surface area contributed by atoms with Crippen LogP contribution < -0.4 is 0 Å². The lowest BCUT2D eigenvalue weighted by molar-refractivity contribution is 0.102. The molecule has 122 valence electrons. The first-order chi connectivity index (χ1) is 11.2. The highest BCUT2D eigenvalue weighted by Crippen LogP contribution is 2.40. The van der Waals surface area contributed by atoms with Gasteiger partial charge in [0.05, 0.1) is 5.75 Å². The van der Waals surface area contributed by atoms with Gasteiger partial charge in [0.2, 0.25) is 0 Å². The van der Waals surface area contributed by atoms with Gasteiger partial charge in [-0.2, -0.15) is 0 Å². The van der Waals surface area contributed by atoms with Gasteiger partial charge in [-0.3, -0.25) is 4.79 Å². The van der Waals surface area contributed by atoms with Crippen LogP contribution in [0.15, 0.2) is 29.4 Å². The van der Waals surface area contributed by atoms with E-state index in [2.05, 4.69) is 40.7 Å². The number of aryl methyl sites for hydroxylation is 1. The SMILES string of the molecule is CCCc1ccc(C(=O)CSc2nnc(C3CC3)n2CC)cc1. The average Bonchev–Trinajstić information content (AvgIpc) is 3.33. The van der Waals surface area contributed by atoms with Crippen molar-refractivity contribution >= 4 is 17.5 Å². The Labute approximate surface area is 141 Å². The number of aromatic nitrogens is 3. The van der Waals surface area contributed by atoms with Crippen LogP contribution in [-0.2, 0) is 13.0 Å². The first-order valence-corrected chi connectivity index (χ1v) is 9.39. The van der Waals surface area contributed by atoms with Crippen molar-refractivity contribution in [2.24, 2.45) is 0 Å². The van der Waals surface area contributed by atoms with Crippen molar-refractivity contribution in [3.63, 3.8) is 0 Å². The maximum absolute atomic E-state index is 12.4. The number of carbonyl (C=O) groups is 1. The molecule has 0 atom stereocenters. The molecule has 5 heteroatoms. The maximum atomic E-state index is 12.4. The summed E-state index contributed by atoms with van der Waals surface area (Å²) in [4.78, 5) is 12.4. The van der Waals surface area contributed by atoms with E-state index in [1.807, 2.05) is 12.1 Å². The minimum atomic E-state index is 0.150. The largest absolute Gasteiger partial charge is 0.306 e. The van der Waals surface area contributed by atoms with E-state index in [1.54, 1.807) is 0 Å². The molecule has 2 aromatic rings. The van der Waals surface area contributed by atoms with E-state index in [9.17, 15) is 4.79 Å². The molecule has 0 aliphatic heterocycles. The van der Waals surface area contributed by atoms with Gasteiger partial charge in [0.15, 0.2) is 10.9 Å². The second kappa shape index (κ2) is 7.30. The monoisotopic (exact) mass is 329 g/mol. The van der Waals surface area contributed by atoms with E-state index in [1.165, 1.54) is 30.2 Å². The van der Waals surface area contributed by atoms with Gasteiger partial charge < -0.3 is 4.57 Å². The highest BCUT2D eigenvalue weighted by atomic mass is 32.2. The molecular weight excluding hydrogens is 306 g/mol. The average molecular weight is 329 g/mol. The molecule has 0 N–H and O–H groups in total. The van der Waals surface area contributed by atoms with Gasteiger partial charge >= 0.3 is 0 Å². The van der Waals surface area contributed by atoms with E-state index < -0.39 is 0 Å². The fraction of sp³-hybridized carbons (Fsp3) is 0.500. The molecule has 1 heterocycles. The lowest BCUT2D eigenvalue weighted by atomic mass is 10.1. The zero-order chi connectivity index (χ0) is 16.2. The van der Waals surface area contributed by atoms with Crippen LogP contribution in [-0.4, -0.2) is 26.3 Å². The summed E-state index contributed by atoms with van der Waals surface area (Å²) in [5, 5.41) is 9.45. The van der Waals surface area contributed by atoms with Crippen molar-refractivity contribution in [3.05, 3.63) is 41.2 Å². The zero-order valence-electron chi connectivity index (χ0n) is 13.8. The van der Waals surface area contributed by atoms with Gasteiger partial charge in [-0.25, -0.2) is 0 Å². The van der Waals surface area contributed by atoms with Gasteiger partial charge in [0.1, 0.15) is 5.82 Å². The van der Waals surface area contributed by atoms with Crippen LogP contribution in [0.25, 0.3) is 0 Å². The first kappa shape index (κ1) is 16.2. The maximum Gasteiger partial charge on any atom is 0.191 e. The molecule has 23 heavy (non-hydrogen) atoms. The quantitative estimate of drug-likeness (QED) is 0.540. The molecule has 0 amide bonds. The molecule has 0 radical (unpaired) electrons. The molecule has 1 aromatic carbocycles. The number of benzene rings is 1. The Balaban J connectivity index is 1.62. The smallest absolute Gasteiger partial charge is 0.191 e. The predicted molar refractivity (Wildman–Crippen MR) is 93.2 cm³/mol. The Morgan fingerprint density at radius 1 is 1.22 bits per heavy atom. The Morgan fingerprint density at radius 3 is 2.57 bits per heavy atom. The van der Waals surface area contributed by atoms with Gasteiger partial charge in [0, 0.05) is 18.0 Å². The molecule has 0 spiro atoms. The minimum Gasteiger partial charge on any atom is -0.306 e. The van der Waals surface area contributed by atoms with Gasteiger partial charge in [-0.15, -0.1) is 10.2 Å². The fourth-order valence-electron chi connectivity index (χ4n) is 2.71. The summed E-state index contributed by atoms with van der Waals surface area (Å²) in [5.41, 5.74) is 2.07. The molecular formula is C18H23N3OS. The summed E-state index contributed by atoms with van der Waals surface area (Å²) in [6.07, 6.45) is 4.61. The number of ketones is 1. The third kappa shape index (κ3) is 3.83. The van der Waals surface area contributed by atoms with Crippen LogP contribution in [0.3, 0.4) is 0 Å². The van der Waals surface area contributed by atoms with E-state index in [-0.39, 0.29) is 5.78 Å². The third-order valence-electron chi connectivity index (χ3n) is 4.15. The number of thioether (sulfide) groups is 1. The Kier molecular flexibility index (Phi) is 5.16. The molecule has 3 rings (SSSR count). The van der Waals surface area contributed by atoms with Crippen LogP contribution in [0.5, 0.6) is 0 Å². The van der Waals surface area contributed by atoms with Crippen LogP contribution in [0.4, 0.5) is 0 Å². The highest BCUT2D eigenvalue weighted by Gasteiger charge is 2.30. The summed E-state index contributed by atoms with van der Waals surface area (Å²) >= 11 is 1.49. The number of rotatable bonds is 8. The molecule has 1 aliphatic rings. The van der Waals surface area contributed by atoms with Crippen LogP contribution in [0.1, 0.15) is 60.8 Å². The summed E-state index contributed by atoms with van der Waals surface area (Å²) in [7, 11) is 0. The van der Waals surface area contributed by atoms with Crippen molar-refractivity contribution in [2.75, 3.05) is 5.75 Å². The van der Waals surface area contributed by atoms with E-state index in [0.717, 1.165) is 35.9 Å². The van der Waals surface area contributed by atoms with E-state index in [4.69, 9.17) is 0 Å². The topological polar surface area (TPSA) is 47.8 Å². The van der Waals surface area contributed by atoms with Crippen LogP contribution >= 0.6 is 11.8 Å². The molecule has 0 unspecified atom stereocenters. The summed E-state index contributed by atoms with van der Waals surface area (Å²) < 4.78 is 2.15. The zero-order valence-corrected chi connectivity index (χ0v) is 14.6. The van der Waals surface area contributed by atoms with E-state index >= 15 is 0 Å². The van der Waals surface area contributed by atoms with Gasteiger partial charge in [0.25, 0.3) is 0 Å². The summed E-state index contributed by atoms with van der Waals surface area (Å²) in [5.74, 6) is 2.23. The normalized spacial score (nSPS) is 14.2. The lowest BCUT2D eigenvalue weighted by Gasteiger charge is -2.06. The summed E-state index contributed by atoms with van der Waals surface area (Å²) in [6.45, 7) is 5.13. The molecule has 0 bridgehead atoms. The number of carbonyl (C=O) groups excluding carboxylic acids is 1. The van der Waals surface area contributed by atoms with Gasteiger partial charge in [-0.1, -0.05) is 49.4 Å². The molecule has 4 nitrogen and oxygen atoms in total. The highest BCUT2D eigenvalue weighted by molar-refractivity contribution is 7.99. The lowest BCUT2D eigenvalue weighted by Crippen LogP contribution is -2.06. The fourth-order valence-corrected chi connectivity index (χ4v) is 3.61. The number of nitrogens with zero attached hydrogens (tertiary/aromatic N) is 3. The Bertz CT molecular complexity index is 674. The number of hydrogen-bond acceptors (Lipinski definition) is 4. The third-order valence-corrected chi connectivity index (χ3v) is 5.12. The van der Waals surface area contributed by atoms with Crippen molar-refractivity contribution in [1.82, 2.24) is 14.8 Å². The number of hydrogen-bond donors (Lipinski definition) is 0. The predicted octanol–water partition coefficient (Wildman–Crippen LogP) is 4.10. The van der Waals surface area contributed by atoms with Crippen LogP contribution in [0, 0.1) is 0 Å².